The first kappa shape index (κ1) is 13.9. The third-order valence-electron chi connectivity index (χ3n) is 2.09. The van der Waals surface area contributed by atoms with Crippen molar-refractivity contribution in [3.63, 3.8) is 0 Å². The molecule has 0 heterocycles. The molecule has 0 saturated heterocycles. The van der Waals surface area contributed by atoms with Gasteiger partial charge in [-0.05, 0) is 28.7 Å². The third kappa shape index (κ3) is 3.65. The molecule has 6 heteroatoms. The average molecular weight is 348 g/mol. The molecule has 0 saturated carbocycles. The molecule has 0 fully saturated rings. The Bertz CT molecular complexity index is 466. The number of nitrogens with zero attached hydrogens (tertiary/aromatic N) is 1. The highest BCUT2D eigenvalue weighted by Crippen LogP contribution is 2.25. The second kappa shape index (κ2) is 4.99. The minimum absolute atomic E-state index is 0.0168. The van der Waals surface area contributed by atoms with Gasteiger partial charge in [0, 0.05) is 21.1 Å². The maximum absolute atomic E-state index is 11.8. The fraction of sp³-hybridized carbons (Fsp3) is 0.364. The van der Waals surface area contributed by atoms with Crippen LogP contribution in [0.2, 0.25) is 0 Å². The number of non-ortho nitro benzene ring substituents is 1. The summed E-state index contributed by atoms with van der Waals surface area (Å²) < 4.78 is 0.648. The van der Waals surface area contributed by atoms with Gasteiger partial charge in [0.05, 0.1) is 10.6 Å². The number of carbonyl (C=O) groups is 1. The Morgan fingerprint density at radius 1 is 1.41 bits per heavy atom. The molecule has 0 aliphatic rings. The number of carbonyl (C=O) groups excluding carboxylic acids is 1. The Morgan fingerprint density at radius 2 is 2.00 bits per heavy atom. The van der Waals surface area contributed by atoms with E-state index in [1.54, 1.807) is 26.8 Å². The van der Waals surface area contributed by atoms with Crippen LogP contribution in [-0.2, 0) is 4.79 Å². The van der Waals surface area contributed by atoms with Crippen LogP contribution < -0.4 is 5.32 Å². The van der Waals surface area contributed by atoms with Crippen LogP contribution in [0.5, 0.6) is 0 Å². The predicted molar refractivity (Wildman–Crippen MR) is 73.9 cm³/mol. The number of hydrogen-bond donors (Lipinski definition) is 1. The Labute approximate surface area is 113 Å². The summed E-state index contributed by atoms with van der Waals surface area (Å²) in [7, 11) is 0. The van der Waals surface area contributed by atoms with E-state index in [4.69, 9.17) is 0 Å². The smallest absolute Gasteiger partial charge is 0.270 e. The van der Waals surface area contributed by atoms with Gasteiger partial charge in [-0.15, -0.1) is 0 Å². The molecule has 92 valence electrons. The highest BCUT2D eigenvalue weighted by atomic mass is 127. The second-order valence-electron chi connectivity index (χ2n) is 4.63. The Kier molecular flexibility index (Phi) is 4.07. The van der Waals surface area contributed by atoms with Crippen LogP contribution >= 0.6 is 22.6 Å². The summed E-state index contributed by atoms with van der Waals surface area (Å²) in [4.78, 5) is 21.9. The van der Waals surface area contributed by atoms with Gasteiger partial charge in [0.2, 0.25) is 5.91 Å². The summed E-state index contributed by atoms with van der Waals surface area (Å²) in [5.74, 6) is -0.121. The molecule has 1 aromatic rings. The first-order chi connectivity index (χ1) is 7.71. The van der Waals surface area contributed by atoms with E-state index in [1.165, 1.54) is 12.1 Å². The van der Waals surface area contributed by atoms with Gasteiger partial charge in [0.1, 0.15) is 0 Å². The van der Waals surface area contributed by atoms with Crippen molar-refractivity contribution in [2.45, 2.75) is 20.8 Å². The number of benzene rings is 1. The molecule has 0 aromatic heterocycles. The van der Waals surface area contributed by atoms with E-state index in [0.29, 0.717) is 9.26 Å². The number of rotatable bonds is 2. The standard InChI is InChI=1S/C11H13IN2O3/c1-11(2,3)10(15)13-9-5-4-7(14(16)17)6-8(9)12/h4-6H,1-3H3,(H,13,15). The molecule has 0 atom stereocenters. The van der Waals surface area contributed by atoms with Crippen LogP contribution in [0, 0.1) is 19.1 Å². The summed E-state index contributed by atoms with van der Waals surface area (Å²) in [6.07, 6.45) is 0. The largest absolute Gasteiger partial charge is 0.325 e. The van der Waals surface area contributed by atoms with E-state index in [2.05, 4.69) is 5.32 Å². The van der Waals surface area contributed by atoms with Crippen molar-refractivity contribution in [2.75, 3.05) is 5.32 Å². The second-order valence-corrected chi connectivity index (χ2v) is 5.79. The first-order valence-corrected chi connectivity index (χ1v) is 6.05. The lowest BCUT2D eigenvalue weighted by Gasteiger charge is -2.18. The van der Waals surface area contributed by atoms with Crippen molar-refractivity contribution in [1.82, 2.24) is 0 Å². The Morgan fingerprint density at radius 3 is 2.41 bits per heavy atom. The zero-order valence-corrected chi connectivity index (χ0v) is 11.9. The van der Waals surface area contributed by atoms with E-state index in [-0.39, 0.29) is 11.6 Å². The average Bonchev–Trinajstić information content (AvgIpc) is 2.19. The van der Waals surface area contributed by atoms with Crippen molar-refractivity contribution in [2.24, 2.45) is 5.41 Å². The van der Waals surface area contributed by atoms with Crippen molar-refractivity contribution in [3.8, 4) is 0 Å². The molecule has 1 aromatic carbocycles. The van der Waals surface area contributed by atoms with Crippen molar-refractivity contribution in [1.29, 1.82) is 0 Å². The van der Waals surface area contributed by atoms with Gasteiger partial charge >= 0.3 is 0 Å². The van der Waals surface area contributed by atoms with Crippen molar-refractivity contribution < 1.29 is 9.72 Å². The molecule has 0 bridgehead atoms. The topological polar surface area (TPSA) is 72.2 Å². The highest BCUT2D eigenvalue weighted by molar-refractivity contribution is 14.1. The molecule has 0 aliphatic carbocycles. The molecular weight excluding hydrogens is 335 g/mol. The minimum atomic E-state index is -0.495. The van der Waals surface area contributed by atoms with Gasteiger partial charge in [-0.3, -0.25) is 14.9 Å². The fourth-order valence-electron chi connectivity index (χ4n) is 1.03. The Balaban J connectivity index is 2.95. The number of nitro benzene ring substituents is 1. The van der Waals surface area contributed by atoms with Gasteiger partial charge in [-0.25, -0.2) is 0 Å². The van der Waals surface area contributed by atoms with E-state index in [9.17, 15) is 14.9 Å². The first-order valence-electron chi connectivity index (χ1n) is 4.97. The molecule has 0 spiro atoms. The van der Waals surface area contributed by atoms with Crippen LogP contribution in [0.4, 0.5) is 11.4 Å². The SMILES string of the molecule is CC(C)(C)C(=O)Nc1ccc([N+](=O)[O-])cc1I. The van der Waals surface area contributed by atoms with Crippen LogP contribution in [0.3, 0.4) is 0 Å². The fourth-order valence-corrected chi connectivity index (χ4v) is 1.66. The van der Waals surface area contributed by atoms with Crippen molar-refractivity contribution in [3.05, 3.63) is 31.9 Å². The maximum atomic E-state index is 11.8. The van der Waals surface area contributed by atoms with Gasteiger partial charge in [-0.1, -0.05) is 20.8 Å². The summed E-state index contributed by atoms with van der Waals surface area (Å²) in [6.45, 7) is 5.42. The van der Waals surface area contributed by atoms with Gasteiger partial charge < -0.3 is 5.32 Å². The predicted octanol–water partition coefficient (Wildman–Crippen LogP) is 3.18. The molecule has 1 N–H and O–H groups in total. The van der Waals surface area contributed by atoms with Crippen LogP contribution in [0.15, 0.2) is 18.2 Å². The van der Waals surface area contributed by atoms with Gasteiger partial charge in [0.25, 0.3) is 5.69 Å². The number of nitrogens with one attached hydrogen (secondary N) is 1. The Hall–Kier alpha value is -1.18. The summed E-state index contributed by atoms with van der Waals surface area (Å²) >= 11 is 1.96. The van der Waals surface area contributed by atoms with Crippen LogP contribution in [-0.4, -0.2) is 10.8 Å². The molecule has 0 aliphatic heterocycles. The maximum Gasteiger partial charge on any atom is 0.270 e. The molecular formula is C11H13IN2O3. The normalized spacial score (nSPS) is 11.1. The number of anilines is 1. The third-order valence-corrected chi connectivity index (χ3v) is 2.99. The molecule has 1 rings (SSSR count). The van der Waals surface area contributed by atoms with E-state index in [0.717, 1.165) is 0 Å². The lowest BCUT2D eigenvalue weighted by molar-refractivity contribution is -0.384. The lowest BCUT2D eigenvalue weighted by Crippen LogP contribution is -2.27. The van der Waals surface area contributed by atoms with Gasteiger partial charge in [0.15, 0.2) is 0 Å². The van der Waals surface area contributed by atoms with Gasteiger partial charge in [-0.2, -0.15) is 0 Å². The van der Waals surface area contributed by atoms with E-state index < -0.39 is 10.3 Å². The quantitative estimate of drug-likeness (QED) is 0.507. The number of halogens is 1. The minimum Gasteiger partial charge on any atom is -0.325 e. The zero-order valence-electron chi connectivity index (χ0n) is 9.78. The van der Waals surface area contributed by atoms with E-state index >= 15 is 0 Å². The lowest BCUT2D eigenvalue weighted by atomic mass is 9.95. The summed E-state index contributed by atoms with van der Waals surface area (Å²) in [5, 5.41) is 13.3. The summed E-state index contributed by atoms with van der Waals surface area (Å²) in [5.41, 5.74) is 0.115. The monoisotopic (exact) mass is 348 g/mol. The number of nitro groups is 1. The molecule has 0 unspecified atom stereocenters. The van der Waals surface area contributed by atoms with Crippen LogP contribution in [0.1, 0.15) is 20.8 Å². The van der Waals surface area contributed by atoms with Crippen molar-refractivity contribution >= 4 is 39.9 Å². The summed E-state index contributed by atoms with van der Waals surface area (Å²) in [6, 6.07) is 4.35. The molecule has 17 heavy (non-hydrogen) atoms. The van der Waals surface area contributed by atoms with Crippen LogP contribution in [0.25, 0.3) is 0 Å². The number of amides is 1. The molecule has 1 amide bonds. The molecule has 5 nitrogen and oxygen atoms in total. The zero-order chi connectivity index (χ0) is 13.2. The van der Waals surface area contributed by atoms with E-state index in [1.807, 2.05) is 22.6 Å². The highest BCUT2D eigenvalue weighted by Gasteiger charge is 2.22. The molecule has 0 radical (unpaired) electrons. The number of hydrogen-bond acceptors (Lipinski definition) is 3.